The monoisotopic (exact) mass is 402 g/mol. The van der Waals surface area contributed by atoms with Crippen LogP contribution >= 0.6 is 0 Å². The quantitative estimate of drug-likeness (QED) is 0.657. The molecular formula is C22H22N6O2. The average Bonchev–Trinajstić information content (AvgIpc) is 3.49. The fourth-order valence-corrected chi connectivity index (χ4v) is 4.06. The Morgan fingerprint density at radius 1 is 1.17 bits per heavy atom. The number of piperazine rings is 1. The molecule has 152 valence electrons. The molecule has 2 aromatic heterocycles. The van der Waals surface area contributed by atoms with E-state index >= 15 is 0 Å². The second-order valence-corrected chi connectivity index (χ2v) is 7.96. The van der Waals surface area contributed by atoms with Crippen LogP contribution < -0.4 is 10.2 Å². The minimum Gasteiger partial charge on any atom is -0.354 e. The molecule has 0 unspecified atom stereocenters. The Labute approximate surface area is 173 Å². The van der Waals surface area contributed by atoms with Crippen LogP contribution in [0.25, 0.3) is 16.7 Å². The number of benzene rings is 1. The molecule has 2 amide bonds. The molecule has 0 bridgehead atoms. The zero-order valence-electron chi connectivity index (χ0n) is 16.8. The standard InChI is InChI=1S/C22H22N6O2/c1-14-12-19(28-18-5-3-2-4-17(18)25-20(28)16(14)13-23)26-8-10-27(11-9-26)22(30)21(29)24-15-6-7-15/h2-5,12,15H,6-11H2,1H3,(H,24,29). The van der Waals surface area contributed by atoms with Gasteiger partial charge in [-0.05, 0) is 43.5 Å². The van der Waals surface area contributed by atoms with E-state index in [-0.39, 0.29) is 6.04 Å². The van der Waals surface area contributed by atoms with Crippen molar-refractivity contribution in [3.05, 3.63) is 41.5 Å². The molecular weight excluding hydrogens is 380 g/mol. The topological polar surface area (TPSA) is 93.7 Å². The van der Waals surface area contributed by atoms with E-state index in [1.54, 1.807) is 4.90 Å². The maximum absolute atomic E-state index is 12.4. The molecule has 8 heteroatoms. The van der Waals surface area contributed by atoms with Gasteiger partial charge in [0.2, 0.25) is 0 Å². The molecule has 0 atom stereocenters. The first-order valence-electron chi connectivity index (χ1n) is 10.2. The van der Waals surface area contributed by atoms with Crippen LogP contribution in [0.1, 0.15) is 24.0 Å². The van der Waals surface area contributed by atoms with Crippen molar-refractivity contribution in [2.75, 3.05) is 31.1 Å². The Morgan fingerprint density at radius 3 is 2.60 bits per heavy atom. The third-order valence-electron chi connectivity index (χ3n) is 5.86. The van der Waals surface area contributed by atoms with E-state index in [1.165, 1.54) is 0 Å². The van der Waals surface area contributed by atoms with E-state index in [0.717, 1.165) is 35.3 Å². The molecule has 3 heterocycles. The fourth-order valence-electron chi connectivity index (χ4n) is 4.06. The number of carbonyl (C=O) groups excluding carboxylic acids is 2. The van der Waals surface area contributed by atoms with Crippen LogP contribution in [0.3, 0.4) is 0 Å². The van der Waals surface area contributed by atoms with Gasteiger partial charge >= 0.3 is 11.8 Å². The first-order valence-corrected chi connectivity index (χ1v) is 10.2. The highest BCUT2D eigenvalue weighted by Crippen LogP contribution is 2.29. The van der Waals surface area contributed by atoms with Crippen LogP contribution in [-0.2, 0) is 9.59 Å². The number of nitrogens with zero attached hydrogens (tertiary/aromatic N) is 5. The number of carbonyl (C=O) groups is 2. The second kappa shape index (κ2) is 7.02. The number of pyridine rings is 1. The highest BCUT2D eigenvalue weighted by atomic mass is 16.2. The molecule has 0 radical (unpaired) electrons. The summed E-state index contributed by atoms with van der Waals surface area (Å²) >= 11 is 0. The largest absolute Gasteiger partial charge is 0.354 e. The molecule has 1 aliphatic carbocycles. The van der Waals surface area contributed by atoms with Crippen LogP contribution in [-0.4, -0.2) is 58.3 Å². The predicted octanol–water partition coefficient (Wildman–Crippen LogP) is 1.59. The number of nitrogens with one attached hydrogen (secondary N) is 1. The Kier molecular flexibility index (Phi) is 4.31. The van der Waals surface area contributed by atoms with Crippen molar-refractivity contribution in [1.82, 2.24) is 19.6 Å². The summed E-state index contributed by atoms with van der Waals surface area (Å²) in [5, 5.41) is 12.4. The van der Waals surface area contributed by atoms with Gasteiger partial charge in [-0.3, -0.25) is 14.0 Å². The maximum atomic E-state index is 12.4. The molecule has 8 nitrogen and oxygen atoms in total. The Morgan fingerprint density at radius 2 is 1.90 bits per heavy atom. The van der Waals surface area contributed by atoms with Crippen molar-refractivity contribution in [3.8, 4) is 6.07 Å². The van der Waals surface area contributed by atoms with Crippen molar-refractivity contribution in [2.24, 2.45) is 0 Å². The number of imidazole rings is 1. The van der Waals surface area contributed by atoms with Crippen molar-refractivity contribution >= 4 is 34.3 Å². The molecule has 1 aliphatic heterocycles. The number of aromatic nitrogens is 2. The fraction of sp³-hybridized carbons (Fsp3) is 0.364. The summed E-state index contributed by atoms with van der Waals surface area (Å²) in [5.41, 5.74) is 3.88. The van der Waals surface area contributed by atoms with Gasteiger partial charge in [0.25, 0.3) is 0 Å². The van der Waals surface area contributed by atoms with Crippen molar-refractivity contribution in [1.29, 1.82) is 5.26 Å². The van der Waals surface area contributed by atoms with E-state index < -0.39 is 11.8 Å². The molecule has 0 spiro atoms. The molecule has 30 heavy (non-hydrogen) atoms. The first kappa shape index (κ1) is 18.4. The van der Waals surface area contributed by atoms with Gasteiger partial charge in [-0.1, -0.05) is 12.1 Å². The zero-order chi connectivity index (χ0) is 20.8. The Balaban J connectivity index is 1.45. The van der Waals surface area contributed by atoms with E-state index in [2.05, 4.69) is 16.3 Å². The highest BCUT2D eigenvalue weighted by molar-refractivity contribution is 6.35. The summed E-state index contributed by atoms with van der Waals surface area (Å²) in [5.74, 6) is 0.00341. The van der Waals surface area contributed by atoms with Crippen LogP contribution in [0.4, 0.5) is 5.82 Å². The lowest BCUT2D eigenvalue weighted by Gasteiger charge is -2.36. The van der Waals surface area contributed by atoms with Gasteiger partial charge in [0.1, 0.15) is 11.9 Å². The summed E-state index contributed by atoms with van der Waals surface area (Å²) in [6, 6.07) is 12.3. The van der Waals surface area contributed by atoms with Crippen LogP contribution in [0, 0.1) is 18.3 Å². The number of aryl methyl sites for hydroxylation is 1. The van der Waals surface area contributed by atoms with Gasteiger partial charge < -0.3 is 15.1 Å². The van der Waals surface area contributed by atoms with Crippen molar-refractivity contribution in [3.63, 3.8) is 0 Å². The predicted molar refractivity (Wildman–Crippen MR) is 112 cm³/mol. The van der Waals surface area contributed by atoms with Gasteiger partial charge in [0.05, 0.1) is 16.6 Å². The van der Waals surface area contributed by atoms with Gasteiger partial charge in [-0.25, -0.2) is 4.98 Å². The van der Waals surface area contributed by atoms with Crippen LogP contribution in [0.15, 0.2) is 30.3 Å². The summed E-state index contributed by atoms with van der Waals surface area (Å²) in [6.45, 7) is 4.09. The SMILES string of the molecule is Cc1cc(N2CCN(C(=O)C(=O)NC3CC3)CC2)n2c(nc3ccccc32)c1C#N. The number of para-hydroxylation sites is 2. The lowest BCUT2D eigenvalue weighted by Crippen LogP contribution is -2.53. The number of hydrogen-bond acceptors (Lipinski definition) is 5. The lowest BCUT2D eigenvalue weighted by atomic mass is 10.1. The van der Waals surface area contributed by atoms with Gasteiger partial charge in [0, 0.05) is 32.2 Å². The number of anilines is 1. The highest BCUT2D eigenvalue weighted by Gasteiger charge is 2.31. The number of rotatable bonds is 2. The second-order valence-electron chi connectivity index (χ2n) is 7.96. The molecule has 1 N–H and O–H groups in total. The summed E-state index contributed by atoms with van der Waals surface area (Å²) in [4.78, 5) is 33.0. The molecule has 1 aromatic carbocycles. The van der Waals surface area contributed by atoms with E-state index in [1.807, 2.05) is 41.7 Å². The third kappa shape index (κ3) is 3.03. The minimum atomic E-state index is -0.497. The summed E-state index contributed by atoms with van der Waals surface area (Å²) in [6.07, 6.45) is 1.92. The molecule has 5 rings (SSSR count). The molecule has 1 saturated heterocycles. The van der Waals surface area contributed by atoms with Crippen molar-refractivity contribution < 1.29 is 9.59 Å². The Bertz CT molecular complexity index is 1210. The smallest absolute Gasteiger partial charge is 0.312 e. The van der Waals surface area contributed by atoms with Gasteiger partial charge in [-0.15, -0.1) is 0 Å². The lowest BCUT2D eigenvalue weighted by molar-refractivity contribution is -0.146. The number of nitriles is 1. The molecule has 2 aliphatic rings. The third-order valence-corrected chi connectivity index (χ3v) is 5.86. The zero-order valence-corrected chi connectivity index (χ0v) is 16.8. The summed E-state index contributed by atoms with van der Waals surface area (Å²) in [7, 11) is 0. The van der Waals surface area contributed by atoms with E-state index in [9.17, 15) is 14.9 Å². The minimum absolute atomic E-state index is 0.173. The van der Waals surface area contributed by atoms with E-state index in [0.29, 0.717) is 37.4 Å². The normalized spacial score (nSPS) is 16.7. The molecule has 3 aromatic rings. The van der Waals surface area contributed by atoms with Crippen molar-refractivity contribution in [2.45, 2.75) is 25.8 Å². The first-order chi connectivity index (χ1) is 14.6. The number of fused-ring (bicyclic) bond motifs is 3. The average molecular weight is 402 g/mol. The number of hydrogen-bond donors (Lipinski definition) is 1. The van der Waals surface area contributed by atoms with Gasteiger partial charge in [0.15, 0.2) is 5.65 Å². The van der Waals surface area contributed by atoms with Crippen LogP contribution in [0.5, 0.6) is 0 Å². The van der Waals surface area contributed by atoms with Crippen LogP contribution in [0.2, 0.25) is 0 Å². The van der Waals surface area contributed by atoms with E-state index in [4.69, 9.17) is 4.98 Å². The summed E-state index contributed by atoms with van der Waals surface area (Å²) < 4.78 is 2.03. The number of amides is 2. The van der Waals surface area contributed by atoms with Gasteiger partial charge in [-0.2, -0.15) is 5.26 Å². The molecule has 1 saturated carbocycles. The maximum Gasteiger partial charge on any atom is 0.312 e. The molecule has 2 fully saturated rings. The Hall–Kier alpha value is -3.60.